The summed E-state index contributed by atoms with van der Waals surface area (Å²) in [5, 5.41) is 5.17. The van der Waals surface area contributed by atoms with Crippen molar-refractivity contribution >= 4 is 16.7 Å². The molecule has 0 unspecified atom stereocenters. The molecule has 2 aromatic heterocycles. The molecule has 0 atom stereocenters. The number of aryl methyl sites for hydroxylation is 1. The first-order chi connectivity index (χ1) is 12.4. The molecule has 1 aliphatic heterocycles. The van der Waals surface area contributed by atoms with Crippen molar-refractivity contribution in [3.8, 4) is 5.69 Å². The van der Waals surface area contributed by atoms with Crippen LogP contribution in [0.15, 0.2) is 36.7 Å². The average Bonchev–Trinajstić information content (AvgIpc) is 3.01. The number of hydrogen-bond donors (Lipinski definition) is 0. The van der Waals surface area contributed by atoms with Gasteiger partial charge in [0.2, 0.25) is 0 Å². The van der Waals surface area contributed by atoms with E-state index < -0.39 is 11.7 Å². The third-order valence-electron chi connectivity index (χ3n) is 4.62. The second-order valence-electron chi connectivity index (χ2n) is 6.78. The molecule has 4 rings (SSSR count). The van der Waals surface area contributed by atoms with Crippen molar-refractivity contribution < 1.29 is 13.2 Å². The Morgan fingerprint density at radius 1 is 1.19 bits per heavy atom. The molecule has 0 bridgehead atoms. The Balaban J connectivity index is 1.66. The number of halogens is 3. The zero-order valence-electron chi connectivity index (χ0n) is 14.4. The molecule has 0 radical (unpaired) electrons. The summed E-state index contributed by atoms with van der Waals surface area (Å²) < 4.78 is 41.9. The van der Waals surface area contributed by atoms with Crippen LogP contribution >= 0.6 is 0 Å². The second-order valence-corrected chi connectivity index (χ2v) is 6.78. The molecule has 1 fully saturated rings. The van der Waals surface area contributed by atoms with Gasteiger partial charge in [0.05, 0.1) is 13.1 Å². The van der Waals surface area contributed by atoms with Gasteiger partial charge in [-0.15, -0.1) is 5.10 Å². The van der Waals surface area contributed by atoms with Gasteiger partial charge >= 0.3 is 0 Å². The SMILES string of the molecule is CCCCc1cnc2nn(-c3cc(N4CC(F)(F)C4)ccc3F)cc2c1. The van der Waals surface area contributed by atoms with Crippen LogP contribution in [0.5, 0.6) is 0 Å². The predicted octanol–water partition coefficient (Wildman–Crippen LogP) is 4.36. The minimum Gasteiger partial charge on any atom is -0.359 e. The molecule has 0 N–H and O–H groups in total. The van der Waals surface area contributed by atoms with Crippen molar-refractivity contribution in [2.24, 2.45) is 0 Å². The molecule has 1 aromatic carbocycles. The molecule has 0 saturated carbocycles. The van der Waals surface area contributed by atoms with Crippen molar-refractivity contribution in [1.82, 2.24) is 14.8 Å². The quantitative estimate of drug-likeness (QED) is 0.678. The van der Waals surface area contributed by atoms with Crippen LogP contribution in [0.2, 0.25) is 0 Å². The minimum absolute atomic E-state index is 0.228. The van der Waals surface area contributed by atoms with E-state index in [1.54, 1.807) is 18.5 Å². The van der Waals surface area contributed by atoms with E-state index in [1.807, 2.05) is 6.07 Å². The zero-order chi connectivity index (χ0) is 18.3. The summed E-state index contributed by atoms with van der Waals surface area (Å²) in [5.74, 6) is -3.13. The second kappa shape index (κ2) is 6.30. The van der Waals surface area contributed by atoms with Gasteiger partial charge in [-0.3, -0.25) is 0 Å². The summed E-state index contributed by atoms with van der Waals surface area (Å²) in [7, 11) is 0. The van der Waals surface area contributed by atoms with Crippen molar-refractivity contribution in [3.63, 3.8) is 0 Å². The number of nitrogens with zero attached hydrogens (tertiary/aromatic N) is 4. The fraction of sp³-hybridized carbons (Fsp3) is 0.368. The number of alkyl halides is 2. The van der Waals surface area contributed by atoms with Crippen LogP contribution in [0.4, 0.5) is 18.9 Å². The maximum absolute atomic E-state index is 14.3. The van der Waals surface area contributed by atoms with Gasteiger partial charge < -0.3 is 4.90 Å². The third-order valence-corrected chi connectivity index (χ3v) is 4.62. The van der Waals surface area contributed by atoms with Gasteiger partial charge in [-0.25, -0.2) is 22.8 Å². The topological polar surface area (TPSA) is 34.0 Å². The molecule has 0 spiro atoms. The van der Waals surface area contributed by atoms with Crippen LogP contribution < -0.4 is 4.90 Å². The number of rotatable bonds is 5. The van der Waals surface area contributed by atoms with E-state index in [-0.39, 0.29) is 18.8 Å². The summed E-state index contributed by atoms with van der Waals surface area (Å²) in [4.78, 5) is 5.87. The number of anilines is 1. The van der Waals surface area contributed by atoms with E-state index in [2.05, 4.69) is 17.0 Å². The average molecular weight is 360 g/mol. The lowest BCUT2D eigenvalue weighted by atomic mass is 10.1. The highest BCUT2D eigenvalue weighted by Gasteiger charge is 2.44. The lowest BCUT2D eigenvalue weighted by molar-refractivity contribution is -0.0262. The highest BCUT2D eigenvalue weighted by atomic mass is 19.3. The van der Waals surface area contributed by atoms with Crippen molar-refractivity contribution in [3.05, 3.63) is 48.0 Å². The van der Waals surface area contributed by atoms with Gasteiger partial charge in [-0.2, -0.15) is 0 Å². The van der Waals surface area contributed by atoms with Gasteiger partial charge in [-0.05, 0) is 42.7 Å². The first-order valence-corrected chi connectivity index (χ1v) is 8.72. The molecule has 3 aromatic rings. The number of pyridine rings is 1. The van der Waals surface area contributed by atoms with Crippen LogP contribution in [-0.2, 0) is 6.42 Å². The number of hydrogen-bond acceptors (Lipinski definition) is 3. The fourth-order valence-corrected chi connectivity index (χ4v) is 3.17. The van der Waals surface area contributed by atoms with E-state index in [1.165, 1.54) is 21.7 Å². The first-order valence-electron chi connectivity index (χ1n) is 8.72. The van der Waals surface area contributed by atoms with Crippen molar-refractivity contribution in [1.29, 1.82) is 0 Å². The summed E-state index contributed by atoms with van der Waals surface area (Å²) in [5.41, 5.74) is 2.44. The largest absolute Gasteiger partial charge is 0.359 e. The van der Waals surface area contributed by atoms with E-state index in [4.69, 9.17) is 0 Å². The Hall–Kier alpha value is -2.57. The van der Waals surface area contributed by atoms with Gasteiger partial charge in [-0.1, -0.05) is 13.3 Å². The molecule has 3 heterocycles. The van der Waals surface area contributed by atoms with E-state index in [9.17, 15) is 13.2 Å². The summed E-state index contributed by atoms with van der Waals surface area (Å²) in [6.07, 6.45) is 6.65. The maximum atomic E-state index is 14.3. The number of benzene rings is 1. The molecule has 1 saturated heterocycles. The molecule has 26 heavy (non-hydrogen) atoms. The standard InChI is InChI=1S/C19H19F3N4/c1-2-3-4-13-7-14-10-26(24-18(14)23-9-13)17-8-15(5-6-16(17)20)25-11-19(21,22)12-25/h5-10H,2-4,11-12H2,1H3. The minimum atomic E-state index is -2.67. The number of unbranched alkanes of at least 4 members (excludes halogenated alkanes) is 1. The van der Waals surface area contributed by atoms with E-state index in [0.717, 1.165) is 30.2 Å². The molecule has 0 amide bonds. The van der Waals surface area contributed by atoms with Crippen molar-refractivity contribution in [2.75, 3.05) is 18.0 Å². The number of aromatic nitrogens is 3. The molecular formula is C19H19F3N4. The molecule has 1 aliphatic rings. The van der Waals surface area contributed by atoms with Crippen LogP contribution in [0.1, 0.15) is 25.3 Å². The zero-order valence-corrected chi connectivity index (χ0v) is 14.4. The lowest BCUT2D eigenvalue weighted by Crippen LogP contribution is -2.56. The maximum Gasteiger partial charge on any atom is 0.282 e. The molecule has 0 aliphatic carbocycles. The Morgan fingerprint density at radius 2 is 2.00 bits per heavy atom. The lowest BCUT2D eigenvalue weighted by Gasteiger charge is -2.40. The Bertz CT molecular complexity index is 943. The Morgan fingerprint density at radius 3 is 2.73 bits per heavy atom. The van der Waals surface area contributed by atoms with E-state index in [0.29, 0.717) is 11.3 Å². The summed E-state index contributed by atoms with van der Waals surface area (Å²) in [6.45, 7) is 1.44. The molecule has 4 nitrogen and oxygen atoms in total. The van der Waals surface area contributed by atoms with Crippen LogP contribution in [0.3, 0.4) is 0 Å². The van der Waals surface area contributed by atoms with Gasteiger partial charge in [0, 0.05) is 23.5 Å². The molecular weight excluding hydrogens is 341 g/mol. The molecule has 7 heteroatoms. The molecule has 136 valence electrons. The van der Waals surface area contributed by atoms with Gasteiger partial charge in [0.1, 0.15) is 11.5 Å². The predicted molar refractivity (Wildman–Crippen MR) is 94.6 cm³/mol. The van der Waals surface area contributed by atoms with Crippen LogP contribution in [0.25, 0.3) is 16.7 Å². The summed E-state index contributed by atoms with van der Waals surface area (Å²) in [6, 6.07) is 6.36. The fourth-order valence-electron chi connectivity index (χ4n) is 3.17. The number of fused-ring (bicyclic) bond motifs is 1. The Labute approximate surface area is 149 Å². The first kappa shape index (κ1) is 16.9. The monoisotopic (exact) mass is 360 g/mol. The van der Waals surface area contributed by atoms with Gasteiger partial charge in [0.15, 0.2) is 5.65 Å². The highest BCUT2D eigenvalue weighted by molar-refractivity contribution is 5.75. The third kappa shape index (κ3) is 3.13. The Kier molecular flexibility index (Phi) is 4.09. The van der Waals surface area contributed by atoms with Crippen molar-refractivity contribution in [2.45, 2.75) is 32.1 Å². The normalized spacial score (nSPS) is 16.1. The van der Waals surface area contributed by atoms with Crippen LogP contribution in [-0.4, -0.2) is 33.8 Å². The summed E-state index contributed by atoms with van der Waals surface area (Å²) >= 11 is 0. The smallest absolute Gasteiger partial charge is 0.282 e. The highest BCUT2D eigenvalue weighted by Crippen LogP contribution is 2.33. The van der Waals surface area contributed by atoms with Gasteiger partial charge in [0.25, 0.3) is 5.92 Å². The van der Waals surface area contributed by atoms with E-state index >= 15 is 0 Å². The van der Waals surface area contributed by atoms with Crippen LogP contribution in [0, 0.1) is 5.82 Å².